The van der Waals surface area contributed by atoms with Gasteiger partial charge in [-0.15, -0.1) is 0 Å². The molecule has 0 radical (unpaired) electrons. The van der Waals surface area contributed by atoms with Crippen LogP contribution in [0.4, 0.5) is 0 Å². The van der Waals surface area contributed by atoms with Crippen molar-refractivity contribution in [1.29, 1.82) is 0 Å². The lowest BCUT2D eigenvalue weighted by Gasteiger charge is -2.34. The van der Waals surface area contributed by atoms with Gasteiger partial charge in [0.05, 0.1) is 0 Å². The number of nitrogens with one attached hydrogen (secondary N) is 1. The highest BCUT2D eigenvalue weighted by molar-refractivity contribution is 7.08. The van der Waals surface area contributed by atoms with E-state index in [1.807, 2.05) is 10.8 Å². The number of thiophene rings is 1. The van der Waals surface area contributed by atoms with Crippen molar-refractivity contribution >= 4 is 23.2 Å². The fourth-order valence-corrected chi connectivity index (χ4v) is 3.41. The van der Waals surface area contributed by atoms with Crippen molar-refractivity contribution in [2.45, 2.75) is 0 Å². The predicted octanol–water partition coefficient (Wildman–Crippen LogP) is 0.0296. The van der Waals surface area contributed by atoms with Gasteiger partial charge in [0, 0.05) is 63.3 Å². The minimum atomic E-state index is -0.240. The molecule has 0 aromatic carbocycles. The molecule has 26 heavy (non-hydrogen) atoms. The summed E-state index contributed by atoms with van der Waals surface area (Å²) in [6.45, 7) is 4.00. The van der Waals surface area contributed by atoms with E-state index in [4.69, 9.17) is 0 Å². The van der Waals surface area contributed by atoms with Crippen LogP contribution in [0.15, 0.2) is 33.8 Å². The number of aryl methyl sites for hydroxylation is 1. The number of carbonyl (C=O) groups is 2. The molecule has 1 fully saturated rings. The van der Waals surface area contributed by atoms with Crippen molar-refractivity contribution in [3.05, 3.63) is 50.6 Å². The Balaban J connectivity index is 1.43. The number of hydrogen-bond donors (Lipinski definition) is 1. The summed E-state index contributed by atoms with van der Waals surface area (Å²) in [5.41, 5.74) is 0.731. The second-order valence-corrected chi connectivity index (χ2v) is 6.86. The number of hydrogen-bond acceptors (Lipinski definition) is 6. The van der Waals surface area contributed by atoms with Crippen LogP contribution in [-0.4, -0.2) is 70.7 Å². The summed E-state index contributed by atoms with van der Waals surface area (Å²) in [5.74, 6) is -0.216. The van der Waals surface area contributed by atoms with E-state index in [0.717, 1.165) is 19.6 Å². The van der Waals surface area contributed by atoms with Crippen LogP contribution in [0.5, 0.6) is 0 Å². The lowest BCUT2D eigenvalue weighted by molar-refractivity contribution is 0.0629. The number of amides is 2. The Morgan fingerprint density at radius 3 is 2.62 bits per heavy atom. The van der Waals surface area contributed by atoms with Gasteiger partial charge in [0.1, 0.15) is 5.69 Å². The molecule has 0 aliphatic carbocycles. The molecule has 138 valence electrons. The van der Waals surface area contributed by atoms with Gasteiger partial charge in [0.2, 0.25) is 0 Å². The largest absolute Gasteiger partial charge is 0.351 e. The van der Waals surface area contributed by atoms with Gasteiger partial charge in [-0.1, -0.05) is 0 Å². The third-order valence-electron chi connectivity index (χ3n) is 4.34. The molecule has 0 bridgehead atoms. The molecule has 3 rings (SSSR count). The average molecular weight is 375 g/mol. The number of piperazine rings is 1. The van der Waals surface area contributed by atoms with E-state index in [1.54, 1.807) is 11.0 Å². The van der Waals surface area contributed by atoms with Gasteiger partial charge in [0.15, 0.2) is 0 Å². The van der Waals surface area contributed by atoms with Crippen molar-refractivity contribution in [2.75, 3.05) is 39.3 Å². The van der Waals surface area contributed by atoms with Crippen molar-refractivity contribution in [3.63, 3.8) is 0 Å². The molecule has 0 spiro atoms. The molecule has 3 heterocycles. The molecule has 0 saturated carbocycles. The second kappa shape index (κ2) is 8.24. The zero-order valence-corrected chi connectivity index (χ0v) is 15.4. The molecule has 2 aromatic heterocycles. The molecule has 1 N–H and O–H groups in total. The second-order valence-electron chi connectivity index (χ2n) is 6.08. The summed E-state index contributed by atoms with van der Waals surface area (Å²) < 4.78 is 1.17. The van der Waals surface area contributed by atoms with Crippen LogP contribution in [0.1, 0.15) is 20.8 Å². The van der Waals surface area contributed by atoms with Gasteiger partial charge >= 0.3 is 0 Å². The third-order valence-corrected chi connectivity index (χ3v) is 5.02. The summed E-state index contributed by atoms with van der Waals surface area (Å²) in [6, 6.07) is 4.63. The number of carbonyl (C=O) groups excluding carboxylic acids is 2. The quantitative estimate of drug-likeness (QED) is 0.797. The van der Waals surface area contributed by atoms with Gasteiger partial charge in [-0.3, -0.25) is 19.3 Å². The summed E-state index contributed by atoms with van der Waals surface area (Å²) in [7, 11) is 1.53. The Bertz CT molecular complexity index is 825. The minimum absolute atomic E-state index is 0.0548. The standard InChI is InChI=1S/C17H21N5O3S/c1-20-15(23)3-2-14(19-20)17(25)22-9-7-21(8-10-22)6-5-18-16(24)13-4-11-26-12-13/h2-4,11-12H,5-10H2,1H3,(H,18,24). The van der Waals surface area contributed by atoms with E-state index in [1.165, 1.54) is 35.2 Å². The van der Waals surface area contributed by atoms with Gasteiger partial charge in [0.25, 0.3) is 17.4 Å². The first kappa shape index (κ1) is 18.3. The van der Waals surface area contributed by atoms with Gasteiger partial charge in [-0.25, -0.2) is 4.68 Å². The minimum Gasteiger partial charge on any atom is -0.351 e. The first-order valence-electron chi connectivity index (χ1n) is 8.41. The lowest BCUT2D eigenvalue weighted by Crippen LogP contribution is -2.50. The number of rotatable bonds is 5. The van der Waals surface area contributed by atoms with Crippen molar-refractivity contribution in [1.82, 2.24) is 24.9 Å². The molecular formula is C17H21N5O3S. The van der Waals surface area contributed by atoms with E-state index >= 15 is 0 Å². The van der Waals surface area contributed by atoms with E-state index in [0.29, 0.717) is 25.2 Å². The fourth-order valence-electron chi connectivity index (χ4n) is 2.78. The Hall–Kier alpha value is -2.52. The zero-order valence-electron chi connectivity index (χ0n) is 14.6. The Labute approximate surface area is 155 Å². The summed E-state index contributed by atoms with van der Waals surface area (Å²) >= 11 is 1.50. The zero-order chi connectivity index (χ0) is 18.5. The van der Waals surface area contributed by atoms with Crippen LogP contribution < -0.4 is 10.9 Å². The van der Waals surface area contributed by atoms with E-state index in [9.17, 15) is 14.4 Å². The predicted molar refractivity (Wildman–Crippen MR) is 98.5 cm³/mol. The monoisotopic (exact) mass is 375 g/mol. The molecular weight excluding hydrogens is 354 g/mol. The molecule has 0 unspecified atom stereocenters. The molecule has 1 aliphatic rings. The van der Waals surface area contributed by atoms with Gasteiger partial charge in [-0.05, 0) is 17.5 Å². The van der Waals surface area contributed by atoms with Crippen molar-refractivity contribution in [3.8, 4) is 0 Å². The summed E-state index contributed by atoms with van der Waals surface area (Å²) in [6.07, 6.45) is 0. The van der Waals surface area contributed by atoms with Crippen LogP contribution >= 0.6 is 11.3 Å². The first-order valence-corrected chi connectivity index (χ1v) is 9.35. The summed E-state index contributed by atoms with van der Waals surface area (Å²) in [4.78, 5) is 39.7. The number of aromatic nitrogens is 2. The highest BCUT2D eigenvalue weighted by Crippen LogP contribution is 2.07. The lowest BCUT2D eigenvalue weighted by atomic mass is 10.2. The van der Waals surface area contributed by atoms with Crippen LogP contribution in [0, 0.1) is 0 Å². The molecule has 2 amide bonds. The van der Waals surface area contributed by atoms with Crippen LogP contribution in [-0.2, 0) is 7.05 Å². The highest BCUT2D eigenvalue weighted by Gasteiger charge is 2.23. The van der Waals surface area contributed by atoms with E-state index < -0.39 is 0 Å². The first-order chi connectivity index (χ1) is 12.5. The van der Waals surface area contributed by atoms with Gasteiger partial charge in [-0.2, -0.15) is 16.4 Å². The Morgan fingerprint density at radius 1 is 1.19 bits per heavy atom. The molecule has 1 saturated heterocycles. The van der Waals surface area contributed by atoms with Crippen LogP contribution in [0.3, 0.4) is 0 Å². The molecule has 8 nitrogen and oxygen atoms in total. The van der Waals surface area contributed by atoms with Crippen molar-refractivity contribution in [2.24, 2.45) is 7.05 Å². The van der Waals surface area contributed by atoms with Crippen LogP contribution in [0.25, 0.3) is 0 Å². The third kappa shape index (κ3) is 4.36. The maximum atomic E-state index is 12.5. The van der Waals surface area contributed by atoms with Crippen molar-refractivity contribution < 1.29 is 9.59 Å². The maximum Gasteiger partial charge on any atom is 0.274 e. The molecule has 0 atom stereocenters. The maximum absolute atomic E-state index is 12.5. The number of nitrogens with zero attached hydrogens (tertiary/aromatic N) is 4. The average Bonchev–Trinajstić information content (AvgIpc) is 3.19. The Kier molecular flexibility index (Phi) is 5.79. The van der Waals surface area contributed by atoms with E-state index in [-0.39, 0.29) is 23.1 Å². The van der Waals surface area contributed by atoms with E-state index in [2.05, 4.69) is 15.3 Å². The SMILES string of the molecule is Cn1nc(C(=O)N2CCN(CCNC(=O)c3ccsc3)CC2)ccc1=O. The Morgan fingerprint density at radius 2 is 1.96 bits per heavy atom. The molecule has 1 aliphatic heterocycles. The summed E-state index contributed by atoms with van der Waals surface area (Å²) in [5, 5.41) is 10.6. The highest BCUT2D eigenvalue weighted by atomic mass is 32.1. The fraction of sp³-hybridized carbons (Fsp3) is 0.412. The molecule has 2 aromatic rings. The van der Waals surface area contributed by atoms with Crippen LogP contribution in [0.2, 0.25) is 0 Å². The smallest absolute Gasteiger partial charge is 0.274 e. The topological polar surface area (TPSA) is 87.5 Å². The van der Waals surface area contributed by atoms with Gasteiger partial charge < -0.3 is 10.2 Å². The normalized spacial score (nSPS) is 15.0. The molecule has 9 heteroatoms.